The van der Waals surface area contributed by atoms with Crippen LogP contribution in [-0.4, -0.2) is 67.6 Å². The minimum atomic E-state index is -1.31. The van der Waals surface area contributed by atoms with Gasteiger partial charge in [-0.3, -0.25) is 9.78 Å². The van der Waals surface area contributed by atoms with Gasteiger partial charge in [0.2, 0.25) is 11.6 Å². The molecule has 3 N–H and O–H groups in total. The quantitative estimate of drug-likeness (QED) is 0.147. The van der Waals surface area contributed by atoms with Crippen LogP contribution in [0.15, 0.2) is 77.6 Å². The van der Waals surface area contributed by atoms with Crippen LogP contribution in [0.5, 0.6) is 0 Å². The zero-order chi connectivity index (χ0) is 34.4. The smallest absolute Gasteiger partial charge is 0.338 e. The van der Waals surface area contributed by atoms with Crippen LogP contribution in [0.3, 0.4) is 0 Å². The van der Waals surface area contributed by atoms with Gasteiger partial charge in [0.15, 0.2) is 11.9 Å². The molecule has 0 spiro atoms. The number of ether oxygens (including phenoxy) is 4. The lowest BCUT2D eigenvalue weighted by atomic mass is 10.1. The standard InChI is InChI=1S/C34H34N6O8/c1-19-5-11-23(12-6-19)31(42)46-17-26(45-18-27-37-38-29-30(41)36-34(35)39-40(27)29)28(48-33(44)25-15-9-21(3)10-16-25)22(4)47-32(43)24-13-7-20(2)8-14-24/h5-16,22,26,28H,17-18H2,1-4H3,(H3,35,36,39,41)/t22?,26-,28+/m1/s1. The summed E-state index contributed by atoms with van der Waals surface area (Å²) >= 11 is 0. The molecule has 0 aliphatic heterocycles. The van der Waals surface area contributed by atoms with E-state index in [1.54, 1.807) is 72.8 Å². The highest BCUT2D eigenvalue weighted by Crippen LogP contribution is 2.20. The number of nitrogens with zero attached hydrogens (tertiary/aromatic N) is 4. The van der Waals surface area contributed by atoms with Crippen molar-refractivity contribution in [2.24, 2.45) is 0 Å². The Morgan fingerprint density at radius 2 is 1.27 bits per heavy atom. The van der Waals surface area contributed by atoms with Crippen LogP contribution in [0.4, 0.5) is 5.95 Å². The van der Waals surface area contributed by atoms with Crippen molar-refractivity contribution in [2.45, 2.75) is 52.6 Å². The number of aromatic nitrogens is 5. The number of hydrogen-bond acceptors (Lipinski definition) is 12. The van der Waals surface area contributed by atoms with E-state index in [0.29, 0.717) is 0 Å². The van der Waals surface area contributed by atoms with Gasteiger partial charge in [-0.05, 0) is 64.1 Å². The van der Waals surface area contributed by atoms with Crippen LogP contribution in [0.2, 0.25) is 0 Å². The lowest BCUT2D eigenvalue weighted by Gasteiger charge is -2.31. The Morgan fingerprint density at radius 3 is 1.81 bits per heavy atom. The summed E-state index contributed by atoms with van der Waals surface area (Å²) in [5, 5.41) is 11.9. The molecule has 0 bridgehead atoms. The van der Waals surface area contributed by atoms with Gasteiger partial charge in [0.1, 0.15) is 25.4 Å². The van der Waals surface area contributed by atoms with Crippen molar-refractivity contribution in [2.75, 3.05) is 12.3 Å². The first-order chi connectivity index (χ1) is 23.0. The van der Waals surface area contributed by atoms with Crippen molar-refractivity contribution in [3.05, 3.63) is 122 Å². The van der Waals surface area contributed by atoms with Gasteiger partial charge in [0.25, 0.3) is 5.56 Å². The van der Waals surface area contributed by atoms with E-state index in [1.165, 1.54) is 6.92 Å². The summed E-state index contributed by atoms with van der Waals surface area (Å²) in [4.78, 5) is 54.3. The van der Waals surface area contributed by atoms with Crippen LogP contribution in [0, 0.1) is 20.8 Å². The minimum absolute atomic E-state index is 0.0746. The summed E-state index contributed by atoms with van der Waals surface area (Å²) in [6.07, 6.45) is -3.64. The summed E-state index contributed by atoms with van der Waals surface area (Å²) in [5.41, 5.74) is 8.61. The summed E-state index contributed by atoms with van der Waals surface area (Å²) in [6, 6.07) is 20.2. The van der Waals surface area contributed by atoms with Gasteiger partial charge in [-0.1, -0.05) is 53.1 Å². The Kier molecular flexibility index (Phi) is 10.2. The molecule has 0 aliphatic rings. The zero-order valence-corrected chi connectivity index (χ0v) is 26.7. The van der Waals surface area contributed by atoms with E-state index >= 15 is 0 Å². The summed E-state index contributed by atoms with van der Waals surface area (Å²) in [5.74, 6) is -2.17. The van der Waals surface area contributed by atoms with Crippen molar-refractivity contribution >= 4 is 29.5 Å². The third-order valence-corrected chi connectivity index (χ3v) is 7.39. The van der Waals surface area contributed by atoms with Crippen molar-refractivity contribution < 1.29 is 33.3 Å². The Morgan fingerprint density at radius 1 is 0.771 bits per heavy atom. The number of nitrogens with one attached hydrogen (secondary N) is 1. The van der Waals surface area contributed by atoms with Gasteiger partial charge < -0.3 is 24.7 Å². The molecule has 5 aromatic rings. The molecular formula is C34H34N6O8. The second-order valence-corrected chi connectivity index (χ2v) is 11.2. The van der Waals surface area contributed by atoms with Gasteiger partial charge in [-0.25, -0.2) is 14.4 Å². The maximum Gasteiger partial charge on any atom is 0.338 e. The number of aryl methyl sites for hydroxylation is 3. The van der Waals surface area contributed by atoms with Crippen molar-refractivity contribution in [1.82, 2.24) is 24.8 Å². The fourth-order valence-corrected chi connectivity index (χ4v) is 4.65. The number of carbonyl (C=O) groups excluding carboxylic acids is 3. The number of nitrogen functional groups attached to an aromatic ring is 1. The number of carbonyl (C=O) groups is 3. The summed E-state index contributed by atoms with van der Waals surface area (Å²) < 4.78 is 24.6. The van der Waals surface area contributed by atoms with Crippen LogP contribution < -0.4 is 11.3 Å². The number of anilines is 1. The number of esters is 3. The normalized spacial score (nSPS) is 13.0. The van der Waals surface area contributed by atoms with E-state index in [1.807, 2.05) is 20.8 Å². The first-order valence-electron chi connectivity index (χ1n) is 15.0. The minimum Gasteiger partial charge on any atom is -0.459 e. The van der Waals surface area contributed by atoms with Crippen LogP contribution in [-0.2, 0) is 25.6 Å². The van der Waals surface area contributed by atoms with Crippen molar-refractivity contribution in [3.8, 4) is 0 Å². The van der Waals surface area contributed by atoms with Crippen LogP contribution >= 0.6 is 0 Å². The Bertz CT molecular complexity index is 1970. The molecule has 0 amide bonds. The monoisotopic (exact) mass is 654 g/mol. The molecule has 2 aromatic heterocycles. The molecule has 3 aromatic carbocycles. The molecule has 248 valence electrons. The SMILES string of the molecule is Cc1ccc(C(=O)OC[C@@H](OCc2nnc3c(=O)[nH]c(N)nn23)[C@@H](OC(=O)c2ccc(C)cc2)C(C)OC(=O)c2ccc(C)cc2)cc1. The van der Waals surface area contributed by atoms with Gasteiger partial charge in [0, 0.05) is 0 Å². The molecule has 14 nitrogen and oxygen atoms in total. The number of nitrogens with two attached hydrogens (primary N) is 1. The van der Waals surface area contributed by atoms with Gasteiger partial charge >= 0.3 is 17.9 Å². The highest BCUT2D eigenvalue weighted by molar-refractivity contribution is 5.91. The Balaban J connectivity index is 1.46. The number of hydrogen-bond donors (Lipinski definition) is 2. The first kappa shape index (κ1) is 33.5. The largest absolute Gasteiger partial charge is 0.459 e. The lowest BCUT2D eigenvalue weighted by molar-refractivity contribution is -0.120. The molecule has 14 heteroatoms. The molecule has 3 atom stereocenters. The Labute approximate surface area is 274 Å². The number of aromatic amines is 1. The second-order valence-electron chi connectivity index (χ2n) is 11.2. The maximum atomic E-state index is 13.4. The third kappa shape index (κ3) is 8.09. The zero-order valence-electron chi connectivity index (χ0n) is 26.7. The van der Waals surface area contributed by atoms with Gasteiger partial charge in [-0.2, -0.15) is 4.52 Å². The van der Waals surface area contributed by atoms with E-state index in [0.717, 1.165) is 21.2 Å². The highest BCUT2D eigenvalue weighted by Gasteiger charge is 2.36. The lowest BCUT2D eigenvalue weighted by Crippen LogP contribution is -2.46. The first-order valence-corrected chi connectivity index (χ1v) is 15.0. The number of fused-ring (bicyclic) bond motifs is 1. The molecule has 0 radical (unpaired) electrons. The Hall–Kier alpha value is -5.89. The fraction of sp³-hybridized carbons (Fsp3) is 0.265. The van der Waals surface area contributed by atoms with Gasteiger partial charge in [-0.15, -0.1) is 15.3 Å². The van der Waals surface area contributed by atoms with E-state index in [9.17, 15) is 19.2 Å². The average molecular weight is 655 g/mol. The predicted molar refractivity (Wildman–Crippen MR) is 172 cm³/mol. The molecule has 48 heavy (non-hydrogen) atoms. The number of H-pyrrole nitrogens is 1. The number of benzene rings is 3. The molecule has 0 saturated heterocycles. The summed E-state index contributed by atoms with van der Waals surface area (Å²) in [7, 11) is 0. The predicted octanol–water partition coefficient (Wildman–Crippen LogP) is 3.53. The van der Waals surface area contributed by atoms with Crippen molar-refractivity contribution in [3.63, 3.8) is 0 Å². The average Bonchev–Trinajstić information content (AvgIpc) is 3.47. The van der Waals surface area contributed by atoms with E-state index in [4.69, 9.17) is 24.7 Å². The molecule has 0 aliphatic carbocycles. The fourth-order valence-electron chi connectivity index (χ4n) is 4.65. The van der Waals surface area contributed by atoms with E-state index < -0.39 is 48.4 Å². The van der Waals surface area contributed by atoms with E-state index in [2.05, 4.69) is 20.3 Å². The number of rotatable bonds is 12. The third-order valence-electron chi connectivity index (χ3n) is 7.39. The second kappa shape index (κ2) is 14.7. The van der Waals surface area contributed by atoms with Crippen LogP contribution in [0.1, 0.15) is 60.5 Å². The topological polar surface area (TPSA) is 190 Å². The van der Waals surface area contributed by atoms with Crippen molar-refractivity contribution in [1.29, 1.82) is 0 Å². The highest BCUT2D eigenvalue weighted by atomic mass is 16.6. The van der Waals surface area contributed by atoms with Gasteiger partial charge in [0.05, 0.1) is 16.7 Å². The summed E-state index contributed by atoms with van der Waals surface area (Å²) in [6.45, 7) is 6.40. The molecule has 0 saturated carbocycles. The van der Waals surface area contributed by atoms with Crippen LogP contribution in [0.25, 0.3) is 5.65 Å². The molecule has 0 fully saturated rings. The molecule has 5 rings (SSSR count). The maximum absolute atomic E-state index is 13.4. The van der Waals surface area contributed by atoms with E-state index in [-0.39, 0.29) is 40.7 Å². The molecule has 2 heterocycles. The molecule has 1 unspecified atom stereocenters. The molecular weight excluding hydrogens is 620 g/mol.